The molecule has 0 bridgehead atoms. The molecule has 0 amide bonds. The van der Waals surface area contributed by atoms with E-state index in [4.69, 9.17) is 0 Å². The van der Waals surface area contributed by atoms with E-state index >= 15 is 0 Å². The average Bonchev–Trinajstić information content (AvgIpc) is 2.84. The van der Waals surface area contributed by atoms with Crippen LogP contribution in [0, 0.1) is 0 Å². The van der Waals surface area contributed by atoms with E-state index < -0.39 is 6.61 Å². The number of benzene rings is 1. The second kappa shape index (κ2) is 6.52. The molecule has 0 atom stereocenters. The van der Waals surface area contributed by atoms with Crippen LogP contribution in [-0.2, 0) is 13.0 Å². The summed E-state index contributed by atoms with van der Waals surface area (Å²) in [6.45, 7) is 0.0106. The van der Waals surface area contributed by atoms with Crippen molar-refractivity contribution >= 4 is 17.0 Å². The molecule has 0 radical (unpaired) electrons. The lowest BCUT2D eigenvalue weighted by Crippen LogP contribution is -2.03. The minimum Gasteiger partial charge on any atom is -0.435 e. The third-order valence-electron chi connectivity index (χ3n) is 2.59. The molecule has 2 nitrogen and oxygen atoms in total. The van der Waals surface area contributed by atoms with Gasteiger partial charge in [-0.3, -0.25) is 0 Å². The number of ether oxygens (including phenoxy) is 1. The number of rotatable bonds is 6. The molecule has 0 saturated heterocycles. The second-order valence-electron chi connectivity index (χ2n) is 3.98. The SMILES string of the molecule is CCc1ccc(CNc2cccc(OC(F)F)c2)s1. The summed E-state index contributed by atoms with van der Waals surface area (Å²) >= 11 is 1.75. The van der Waals surface area contributed by atoms with Crippen LogP contribution in [0.1, 0.15) is 16.7 Å². The van der Waals surface area contributed by atoms with Crippen LogP contribution in [0.3, 0.4) is 0 Å². The van der Waals surface area contributed by atoms with Gasteiger partial charge < -0.3 is 10.1 Å². The molecule has 0 unspecified atom stereocenters. The van der Waals surface area contributed by atoms with Gasteiger partial charge in [0.05, 0.1) is 0 Å². The van der Waals surface area contributed by atoms with Gasteiger partial charge in [0.25, 0.3) is 0 Å². The fraction of sp³-hybridized carbons (Fsp3) is 0.286. The first-order chi connectivity index (χ1) is 9.17. The molecule has 0 aliphatic rings. The number of hydrogen-bond donors (Lipinski definition) is 1. The molecule has 0 fully saturated rings. The summed E-state index contributed by atoms with van der Waals surface area (Å²) < 4.78 is 28.6. The van der Waals surface area contributed by atoms with Crippen molar-refractivity contribution in [1.29, 1.82) is 0 Å². The Morgan fingerprint density at radius 2 is 2.00 bits per heavy atom. The largest absolute Gasteiger partial charge is 0.435 e. The minimum atomic E-state index is -2.79. The molecule has 1 heterocycles. The quantitative estimate of drug-likeness (QED) is 0.841. The Bertz CT molecular complexity index is 528. The highest BCUT2D eigenvalue weighted by Gasteiger charge is 2.05. The Balaban J connectivity index is 1.95. The molecule has 5 heteroatoms. The zero-order valence-corrected chi connectivity index (χ0v) is 11.3. The Kier molecular flexibility index (Phi) is 4.74. The Morgan fingerprint density at radius 1 is 1.21 bits per heavy atom. The highest BCUT2D eigenvalue weighted by atomic mass is 32.1. The standard InChI is InChI=1S/C14H15F2NOS/c1-2-12-6-7-13(19-12)9-17-10-4-3-5-11(8-10)18-14(15)16/h3-8,14,17H,2,9H2,1H3. The fourth-order valence-corrected chi connectivity index (χ4v) is 2.58. The van der Waals surface area contributed by atoms with E-state index in [2.05, 4.69) is 29.1 Å². The monoisotopic (exact) mass is 283 g/mol. The van der Waals surface area contributed by atoms with E-state index in [1.54, 1.807) is 23.5 Å². The summed E-state index contributed by atoms with van der Waals surface area (Å²) in [6, 6.07) is 10.8. The molecule has 19 heavy (non-hydrogen) atoms. The lowest BCUT2D eigenvalue weighted by molar-refractivity contribution is -0.0498. The lowest BCUT2D eigenvalue weighted by Gasteiger charge is -2.08. The molecule has 1 N–H and O–H groups in total. The van der Waals surface area contributed by atoms with Crippen LogP contribution >= 0.6 is 11.3 Å². The Morgan fingerprint density at radius 3 is 2.68 bits per heavy atom. The van der Waals surface area contributed by atoms with Crippen molar-refractivity contribution in [3.63, 3.8) is 0 Å². The van der Waals surface area contributed by atoms with Gasteiger partial charge in [-0.2, -0.15) is 8.78 Å². The van der Waals surface area contributed by atoms with Gasteiger partial charge in [-0.1, -0.05) is 13.0 Å². The third kappa shape index (κ3) is 4.21. The molecule has 0 aliphatic heterocycles. The number of anilines is 1. The lowest BCUT2D eigenvalue weighted by atomic mass is 10.3. The van der Waals surface area contributed by atoms with Crippen LogP contribution < -0.4 is 10.1 Å². The van der Waals surface area contributed by atoms with Gasteiger partial charge in [-0.15, -0.1) is 11.3 Å². The van der Waals surface area contributed by atoms with E-state index in [1.807, 2.05) is 6.07 Å². The second-order valence-corrected chi connectivity index (χ2v) is 5.23. The Hall–Kier alpha value is -1.62. The van der Waals surface area contributed by atoms with Crippen LogP contribution in [0.15, 0.2) is 36.4 Å². The van der Waals surface area contributed by atoms with Crippen molar-refractivity contribution in [3.8, 4) is 5.75 Å². The van der Waals surface area contributed by atoms with E-state index in [-0.39, 0.29) is 5.75 Å². The molecule has 1 aromatic carbocycles. The minimum absolute atomic E-state index is 0.167. The first-order valence-electron chi connectivity index (χ1n) is 6.03. The maximum absolute atomic E-state index is 12.1. The van der Waals surface area contributed by atoms with E-state index in [9.17, 15) is 8.78 Å². The first kappa shape index (κ1) is 13.8. The summed E-state index contributed by atoms with van der Waals surface area (Å²) in [4.78, 5) is 2.56. The Labute approximate surface area is 115 Å². The van der Waals surface area contributed by atoms with Gasteiger partial charge in [0, 0.05) is 28.1 Å². The predicted molar refractivity (Wildman–Crippen MR) is 74.1 cm³/mol. The van der Waals surface area contributed by atoms with Crippen molar-refractivity contribution in [1.82, 2.24) is 0 Å². The van der Waals surface area contributed by atoms with Gasteiger partial charge in [-0.05, 0) is 30.7 Å². The number of alkyl halides is 2. The van der Waals surface area contributed by atoms with Crippen LogP contribution in [-0.4, -0.2) is 6.61 Å². The highest BCUT2D eigenvalue weighted by Crippen LogP contribution is 2.22. The molecule has 0 spiro atoms. The molecule has 0 aliphatic carbocycles. The molecule has 2 rings (SSSR count). The predicted octanol–water partition coefficient (Wildman–Crippen LogP) is 4.52. The summed E-state index contributed by atoms with van der Waals surface area (Å²) in [5, 5.41) is 3.20. The summed E-state index contributed by atoms with van der Waals surface area (Å²) in [5.74, 6) is 0.167. The van der Waals surface area contributed by atoms with Crippen molar-refractivity contribution in [2.24, 2.45) is 0 Å². The number of halogens is 2. The molecular formula is C14H15F2NOS. The van der Waals surface area contributed by atoms with E-state index in [1.165, 1.54) is 15.8 Å². The fourth-order valence-electron chi connectivity index (χ4n) is 1.68. The zero-order valence-electron chi connectivity index (χ0n) is 10.5. The van der Waals surface area contributed by atoms with Gasteiger partial charge >= 0.3 is 6.61 Å². The molecular weight excluding hydrogens is 268 g/mol. The maximum atomic E-state index is 12.1. The summed E-state index contributed by atoms with van der Waals surface area (Å²) in [7, 11) is 0. The van der Waals surface area contributed by atoms with Crippen LogP contribution in [0.4, 0.5) is 14.5 Å². The van der Waals surface area contributed by atoms with Crippen molar-refractivity contribution in [2.45, 2.75) is 26.5 Å². The summed E-state index contributed by atoms with van der Waals surface area (Å²) in [5.41, 5.74) is 0.768. The number of hydrogen-bond acceptors (Lipinski definition) is 3. The third-order valence-corrected chi connectivity index (χ3v) is 3.82. The highest BCUT2D eigenvalue weighted by molar-refractivity contribution is 7.12. The number of thiophene rings is 1. The average molecular weight is 283 g/mol. The van der Waals surface area contributed by atoms with Gasteiger partial charge in [0.15, 0.2) is 0 Å². The summed E-state index contributed by atoms with van der Waals surface area (Å²) in [6.07, 6.45) is 1.03. The van der Waals surface area contributed by atoms with Crippen LogP contribution in [0.2, 0.25) is 0 Å². The maximum Gasteiger partial charge on any atom is 0.387 e. The zero-order chi connectivity index (χ0) is 13.7. The van der Waals surface area contributed by atoms with Crippen LogP contribution in [0.5, 0.6) is 5.75 Å². The molecule has 2 aromatic rings. The van der Waals surface area contributed by atoms with E-state index in [0.717, 1.165) is 12.1 Å². The van der Waals surface area contributed by atoms with Gasteiger partial charge in [-0.25, -0.2) is 0 Å². The topological polar surface area (TPSA) is 21.3 Å². The van der Waals surface area contributed by atoms with Crippen molar-refractivity contribution in [2.75, 3.05) is 5.32 Å². The van der Waals surface area contributed by atoms with Crippen molar-refractivity contribution in [3.05, 3.63) is 46.2 Å². The molecule has 1 aromatic heterocycles. The molecule has 0 saturated carbocycles. The van der Waals surface area contributed by atoms with Gasteiger partial charge in [0.1, 0.15) is 5.75 Å². The van der Waals surface area contributed by atoms with Crippen molar-refractivity contribution < 1.29 is 13.5 Å². The normalized spacial score (nSPS) is 10.7. The van der Waals surface area contributed by atoms with E-state index in [0.29, 0.717) is 6.54 Å². The number of aryl methyl sites for hydroxylation is 1. The van der Waals surface area contributed by atoms with Crippen LogP contribution in [0.25, 0.3) is 0 Å². The van der Waals surface area contributed by atoms with Gasteiger partial charge in [0.2, 0.25) is 0 Å². The smallest absolute Gasteiger partial charge is 0.387 e. The number of nitrogens with one attached hydrogen (secondary N) is 1. The first-order valence-corrected chi connectivity index (χ1v) is 6.85. The molecule has 102 valence electrons.